The Morgan fingerprint density at radius 2 is 1.70 bits per heavy atom. The second kappa shape index (κ2) is 10.8. The number of hydrogen-bond donors (Lipinski definition) is 0. The van der Waals surface area contributed by atoms with Crippen LogP contribution in [-0.2, 0) is 22.1 Å². The number of rotatable bonds is 6. The number of carbonyl (C=O) groups is 1. The predicted molar refractivity (Wildman–Crippen MR) is 141 cm³/mol. The van der Waals surface area contributed by atoms with Crippen LogP contribution in [0.1, 0.15) is 27.9 Å². The maximum Gasteiger partial charge on any atom is 0.254 e. The Hall–Kier alpha value is -3.62. The Labute approximate surface area is 216 Å². The van der Waals surface area contributed by atoms with Crippen molar-refractivity contribution in [3.8, 4) is 0 Å². The molecule has 0 radical (unpaired) electrons. The number of nitrogens with zero attached hydrogens (tertiary/aromatic N) is 3. The molecule has 0 atom stereocenters. The van der Waals surface area contributed by atoms with Gasteiger partial charge in [-0.3, -0.25) is 14.7 Å². The molecule has 0 N–H and O–H groups in total. The molecule has 0 spiro atoms. The lowest BCUT2D eigenvalue weighted by Gasteiger charge is -2.22. The molecule has 1 fully saturated rings. The molecule has 0 unspecified atom stereocenters. The number of para-hydroxylation sites is 1. The highest BCUT2D eigenvalue weighted by Gasteiger charge is 2.24. The lowest BCUT2D eigenvalue weighted by Crippen LogP contribution is -2.35. The quantitative estimate of drug-likeness (QED) is 0.371. The molecule has 37 heavy (non-hydrogen) atoms. The van der Waals surface area contributed by atoms with Crippen molar-refractivity contribution in [3.05, 3.63) is 108 Å². The summed E-state index contributed by atoms with van der Waals surface area (Å²) in [6.07, 6.45) is 2.36. The summed E-state index contributed by atoms with van der Waals surface area (Å²) in [6.45, 7) is 3.59. The summed E-state index contributed by atoms with van der Waals surface area (Å²) in [5.74, 6) is -1.46. The SMILES string of the molecule is O=C(c1ccc(CS(=O)(=O)c2cccc3cccnc23)c(F)c1)N1CCCN(Cc2ccccc2)CC1. The van der Waals surface area contributed by atoms with Crippen LogP contribution < -0.4 is 0 Å². The van der Waals surface area contributed by atoms with Gasteiger partial charge in [-0.15, -0.1) is 0 Å². The van der Waals surface area contributed by atoms with Crippen molar-refractivity contribution in [1.82, 2.24) is 14.8 Å². The number of fused-ring (bicyclic) bond motifs is 1. The van der Waals surface area contributed by atoms with Crippen molar-refractivity contribution in [2.24, 2.45) is 0 Å². The number of sulfone groups is 1. The molecule has 1 amide bonds. The van der Waals surface area contributed by atoms with Gasteiger partial charge >= 0.3 is 0 Å². The fourth-order valence-electron chi connectivity index (χ4n) is 4.76. The third-order valence-electron chi connectivity index (χ3n) is 6.70. The molecule has 3 aromatic carbocycles. The van der Waals surface area contributed by atoms with Gasteiger partial charge in [0.2, 0.25) is 0 Å². The van der Waals surface area contributed by atoms with Crippen LogP contribution in [-0.4, -0.2) is 55.3 Å². The van der Waals surface area contributed by atoms with E-state index in [-0.39, 0.29) is 21.9 Å². The molecule has 0 aliphatic carbocycles. The first kappa shape index (κ1) is 25.0. The lowest BCUT2D eigenvalue weighted by molar-refractivity contribution is 0.0760. The summed E-state index contributed by atoms with van der Waals surface area (Å²) in [4.78, 5) is 21.5. The smallest absolute Gasteiger partial charge is 0.254 e. The maximum absolute atomic E-state index is 15.1. The van der Waals surface area contributed by atoms with Gasteiger partial charge in [-0.2, -0.15) is 0 Å². The van der Waals surface area contributed by atoms with Gasteiger partial charge in [-0.25, -0.2) is 12.8 Å². The van der Waals surface area contributed by atoms with Gasteiger partial charge in [-0.1, -0.05) is 54.6 Å². The molecule has 2 heterocycles. The molecule has 1 aromatic heterocycles. The van der Waals surface area contributed by atoms with Crippen molar-refractivity contribution in [3.63, 3.8) is 0 Å². The number of halogens is 1. The zero-order chi connectivity index (χ0) is 25.8. The van der Waals surface area contributed by atoms with Crippen LogP contribution in [0, 0.1) is 5.82 Å². The fraction of sp³-hybridized carbons (Fsp3) is 0.241. The van der Waals surface area contributed by atoms with E-state index >= 15 is 4.39 Å². The Morgan fingerprint density at radius 3 is 2.51 bits per heavy atom. The first-order valence-electron chi connectivity index (χ1n) is 12.3. The van der Waals surface area contributed by atoms with Crippen LogP contribution in [0.15, 0.2) is 90.0 Å². The van der Waals surface area contributed by atoms with Crippen molar-refractivity contribution in [1.29, 1.82) is 0 Å². The number of pyridine rings is 1. The number of hydrogen-bond acceptors (Lipinski definition) is 5. The number of amides is 1. The lowest BCUT2D eigenvalue weighted by atomic mass is 10.1. The first-order valence-corrected chi connectivity index (χ1v) is 14.0. The first-order chi connectivity index (χ1) is 17.9. The van der Waals surface area contributed by atoms with E-state index < -0.39 is 21.4 Å². The van der Waals surface area contributed by atoms with E-state index in [1.165, 1.54) is 30.0 Å². The highest BCUT2D eigenvalue weighted by molar-refractivity contribution is 7.90. The predicted octanol–water partition coefficient (Wildman–Crippen LogP) is 4.70. The molecule has 6 nitrogen and oxygen atoms in total. The average Bonchev–Trinajstić information content (AvgIpc) is 3.15. The van der Waals surface area contributed by atoms with Crippen LogP contribution in [0.2, 0.25) is 0 Å². The van der Waals surface area contributed by atoms with E-state index in [0.29, 0.717) is 24.0 Å². The van der Waals surface area contributed by atoms with Gasteiger partial charge in [0, 0.05) is 55.4 Å². The van der Waals surface area contributed by atoms with Crippen molar-refractivity contribution < 1.29 is 17.6 Å². The van der Waals surface area contributed by atoms with Gasteiger partial charge in [0.15, 0.2) is 9.84 Å². The van der Waals surface area contributed by atoms with E-state index in [2.05, 4.69) is 22.0 Å². The topological polar surface area (TPSA) is 70.6 Å². The van der Waals surface area contributed by atoms with Gasteiger partial charge < -0.3 is 4.90 Å². The van der Waals surface area contributed by atoms with Crippen molar-refractivity contribution >= 4 is 26.6 Å². The highest BCUT2D eigenvalue weighted by atomic mass is 32.2. The van der Waals surface area contributed by atoms with Crippen LogP contribution in [0.3, 0.4) is 0 Å². The molecule has 1 saturated heterocycles. The molecular weight excluding hydrogens is 489 g/mol. The Kier molecular flexibility index (Phi) is 7.30. The molecule has 4 aromatic rings. The molecule has 8 heteroatoms. The van der Waals surface area contributed by atoms with Gasteiger partial charge in [0.25, 0.3) is 5.91 Å². The summed E-state index contributed by atoms with van der Waals surface area (Å²) >= 11 is 0. The Balaban J connectivity index is 1.28. The zero-order valence-corrected chi connectivity index (χ0v) is 21.2. The normalized spacial score (nSPS) is 15.0. The molecule has 1 aliphatic heterocycles. The van der Waals surface area contributed by atoms with E-state index in [1.54, 1.807) is 29.2 Å². The van der Waals surface area contributed by atoms with Crippen LogP contribution in [0.5, 0.6) is 0 Å². The van der Waals surface area contributed by atoms with Crippen molar-refractivity contribution in [2.45, 2.75) is 23.6 Å². The van der Waals surface area contributed by atoms with Gasteiger partial charge in [0.1, 0.15) is 5.82 Å². The monoisotopic (exact) mass is 517 g/mol. The van der Waals surface area contributed by atoms with E-state index in [1.807, 2.05) is 18.2 Å². The minimum Gasteiger partial charge on any atom is -0.337 e. The van der Waals surface area contributed by atoms with E-state index in [4.69, 9.17) is 0 Å². The van der Waals surface area contributed by atoms with E-state index in [0.717, 1.165) is 32.1 Å². The minimum atomic E-state index is -3.86. The second-order valence-electron chi connectivity index (χ2n) is 9.30. The van der Waals surface area contributed by atoms with Gasteiger partial charge in [0.05, 0.1) is 16.2 Å². The standard InChI is InChI=1S/C29H28FN3O3S/c30-26-19-24(29(34)33-16-6-15-32(17-18-33)20-22-7-2-1-3-8-22)12-13-25(26)21-37(35,36)27-11-4-9-23-10-5-14-31-28(23)27/h1-5,7-14,19H,6,15-18,20-21H2. The number of aromatic nitrogens is 1. The van der Waals surface area contributed by atoms with Crippen molar-refractivity contribution in [2.75, 3.05) is 26.2 Å². The molecule has 5 rings (SSSR count). The molecule has 0 bridgehead atoms. The zero-order valence-electron chi connectivity index (χ0n) is 20.4. The summed E-state index contributed by atoms with van der Waals surface area (Å²) in [5, 5.41) is 0.699. The average molecular weight is 518 g/mol. The number of carbonyl (C=O) groups excluding carboxylic acids is 1. The van der Waals surface area contributed by atoms with Crippen LogP contribution in [0.25, 0.3) is 10.9 Å². The fourth-order valence-corrected chi connectivity index (χ4v) is 6.31. The number of benzene rings is 3. The molecule has 0 saturated carbocycles. The summed E-state index contributed by atoms with van der Waals surface area (Å²) < 4.78 is 41.4. The summed E-state index contributed by atoms with van der Waals surface area (Å²) in [6, 6.07) is 22.7. The maximum atomic E-state index is 15.1. The van der Waals surface area contributed by atoms with E-state index in [9.17, 15) is 13.2 Å². The molecule has 1 aliphatic rings. The summed E-state index contributed by atoms with van der Waals surface area (Å²) in [5.41, 5.74) is 1.84. The third-order valence-corrected chi connectivity index (χ3v) is 8.39. The van der Waals surface area contributed by atoms with Crippen LogP contribution in [0.4, 0.5) is 4.39 Å². The Bertz CT molecular complexity index is 1520. The second-order valence-corrected chi connectivity index (χ2v) is 11.3. The minimum absolute atomic E-state index is 0.0226. The van der Waals surface area contributed by atoms with Gasteiger partial charge in [-0.05, 0) is 36.2 Å². The molecule has 190 valence electrons. The Morgan fingerprint density at radius 1 is 0.892 bits per heavy atom. The van der Waals surface area contributed by atoms with Crippen LogP contribution >= 0.6 is 0 Å². The molecular formula is C29H28FN3O3S. The highest BCUT2D eigenvalue weighted by Crippen LogP contribution is 2.25. The third kappa shape index (κ3) is 5.70. The largest absolute Gasteiger partial charge is 0.337 e. The summed E-state index contributed by atoms with van der Waals surface area (Å²) in [7, 11) is -3.86.